The van der Waals surface area contributed by atoms with Gasteiger partial charge in [-0.05, 0) is 47.9 Å². The topological polar surface area (TPSA) is 63.2 Å². The Morgan fingerprint density at radius 1 is 1.04 bits per heavy atom. The van der Waals surface area contributed by atoms with Crippen molar-refractivity contribution in [1.29, 1.82) is 0 Å². The van der Waals surface area contributed by atoms with Crippen LogP contribution in [0.3, 0.4) is 0 Å². The predicted molar refractivity (Wildman–Crippen MR) is 106 cm³/mol. The van der Waals surface area contributed by atoms with Gasteiger partial charge in [-0.15, -0.1) is 11.3 Å². The van der Waals surface area contributed by atoms with Gasteiger partial charge < -0.3 is 15.4 Å². The summed E-state index contributed by atoms with van der Waals surface area (Å²) in [4.78, 5) is 17.4. The Labute approximate surface area is 157 Å². The molecule has 0 atom stereocenters. The van der Waals surface area contributed by atoms with Crippen molar-refractivity contribution in [2.75, 3.05) is 10.6 Å². The van der Waals surface area contributed by atoms with E-state index in [-0.39, 0.29) is 11.4 Å². The van der Waals surface area contributed by atoms with Crippen LogP contribution in [0.25, 0.3) is 0 Å². The van der Waals surface area contributed by atoms with Crippen molar-refractivity contribution in [3.63, 3.8) is 0 Å². The first-order chi connectivity index (χ1) is 12.4. The first-order valence-electron chi connectivity index (χ1n) is 8.25. The number of aromatic nitrogens is 1. The van der Waals surface area contributed by atoms with Crippen LogP contribution < -0.4 is 15.4 Å². The monoisotopic (exact) mass is 367 g/mol. The molecule has 2 amide bonds. The molecule has 0 aliphatic carbocycles. The van der Waals surface area contributed by atoms with Gasteiger partial charge in [-0.3, -0.25) is 4.98 Å². The number of carbonyl (C=O) groups excluding carboxylic acids is 1. The number of hydrogen-bond acceptors (Lipinski definition) is 4. The summed E-state index contributed by atoms with van der Waals surface area (Å²) >= 11 is 1.64. The number of rotatable bonds is 4. The molecule has 3 rings (SSSR count). The van der Waals surface area contributed by atoms with Gasteiger partial charge in [0.25, 0.3) is 0 Å². The lowest BCUT2D eigenvalue weighted by Gasteiger charge is -2.15. The predicted octanol–water partition coefficient (Wildman–Crippen LogP) is 5.88. The van der Waals surface area contributed by atoms with Gasteiger partial charge in [0.05, 0.1) is 11.9 Å². The van der Waals surface area contributed by atoms with Gasteiger partial charge in [0.15, 0.2) is 0 Å². The zero-order valence-corrected chi connectivity index (χ0v) is 15.8. The molecule has 0 radical (unpaired) electrons. The molecule has 0 saturated heterocycles. The average Bonchev–Trinajstić information content (AvgIpc) is 3.06. The van der Waals surface area contributed by atoms with Gasteiger partial charge in [0.2, 0.25) is 0 Å². The van der Waals surface area contributed by atoms with Crippen molar-refractivity contribution in [2.45, 2.75) is 26.2 Å². The summed E-state index contributed by atoms with van der Waals surface area (Å²) in [6, 6.07) is 12.6. The lowest BCUT2D eigenvalue weighted by atomic mass is 9.95. The third-order valence-corrected chi connectivity index (χ3v) is 4.93. The molecule has 134 valence electrons. The van der Waals surface area contributed by atoms with Gasteiger partial charge in [0, 0.05) is 22.1 Å². The highest BCUT2D eigenvalue weighted by atomic mass is 32.1. The zero-order chi connectivity index (χ0) is 18.6. The number of thiophene rings is 1. The molecule has 3 aromatic rings. The number of hydrogen-bond donors (Lipinski definition) is 2. The summed E-state index contributed by atoms with van der Waals surface area (Å²) in [7, 11) is 0. The van der Waals surface area contributed by atoms with Crippen molar-refractivity contribution in [2.24, 2.45) is 0 Å². The second-order valence-corrected chi connectivity index (χ2v) is 7.76. The minimum atomic E-state index is -0.274. The molecule has 26 heavy (non-hydrogen) atoms. The number of anilines is 2. The number of ether oxygens (including phenoxy) is 1. The van der Waals surface area contributed by atoms with Crippen molar-refractivity contribution in [3.8, 4) is 11.5 Å². The Morgan fingerprint density at radius 3 is 2.38 bits per heavy atom. The molecule has 0 unspecified atom stereocenters. The average molecular weight is 367 g/mol. The van der Waals surface area contributed by atoms with Gasteiger partial charge in [-0.2, -0.15) is 0 Å². The maximum Gasteiger partial charge on any atom is 0.323 e. The molecule has 6 heteroatoms. The minimum absolute atomic E-state index is 0.0746. The van der Waals surface area contributed by atoms with Crippen molar-refractivity contribution < 1.29 is 9.53 Å². The summed E-state index contributed by atoms with van der Waals surface area (Å²) in [5, 5.41) is 7.62. The highest BCUT2D eigenvalue weighted by molar-refractivity contribution is 7.10. The fourth-order valence-corrected chi connectivity index (χ4v) is 3.17. The normalized spacial score (nSPS) is 11.0. The second kappa shape index (κ2) is 7.58. The van der Waals surface area contributed by atoms with Gasteiger partial charge >= 0.3 is 6.03 Å². The first kappa shape index (κ1) is 17.9. The third-order valence-electron chi connectivity index (χ3n) is 3.58. The van der Waals surface area contributed by atoms with Crippen LogP contribution in [0.4, 0.5) is 16.2 Å². The maximum absolute atomic E-state index is 12.2. The molecule has 5 nitrogen and oxygen atoms in total. The number of nitrogens with one attached hydrogen (secondary N) is 2. The lowest BCUT2D eigenvalue weighted by molar-refractivity contribution is 0.262. The van der Waals surface area contributed by atoms with Crippen LogP contribution in [0, 0.1) is 0 Å². The Kier molecular flexibility index (Phi) is 5.23. The van der Waals surface area contributed by atoms with E-state index in [9.17, 15) is 4.79 Å². The van der Waals surface area contributed by atoms with Crippen LogP contribution in [0.1, 0.15) is 25.6 Å². The van der Waals surface area contributed by atoms with E-state index >= 15 is 0 Å². The van der Waals surface area contributed by atoms with E-state index in [0.29, 0.717) is 17.2 Å². The molecule has 2 heterocycles. The highest BCUT2D eigenvalue weighted by Crippen LogP contribution is 2.31. The molecule has 0 spiro atoms. The first-order valence-corrected chi connectivity index (χ1v) is 9.13. The zero-order valence-electron chi connectivity index (χ0n) is 14.9. The molecule has 0 fully saturated rings. The molecule has 0 bridgehead atoms. The molecular formula is C20H21N3O2S. The van der Waals surface area contributed by atoms with E-state index in [0.717, 1.165) is 5.69 Å². The van der Waals surface area contributed by atoms with E-state index in [1.165, 1.54) is 4.88 Å². The van der Waals surface area contributed by atoms with Gasteiger partial charge in [-0.25, -0.2) is 4.79 Å². The van der Waals surface area contributed by atoms with Crippen LogP contribution >= 0.6 is 11.3 Å². The molecule has 1 aromatic carbocycles. The summed E-state index contributed by atoms with van der Waals surface area (Å²) < 4.78 is 5.68. The third kappa shape index (κ3) is 4.83. The van der Waals surface area contributed by atoms with Crippen LogP contribution in [0.2, 0.25) is 0 Å². The summed E-state index contributed by atoms with van der Waals surface area (Å²) in [5.74, 6) is 1.34. The van der Waals surface area contributed by atoms with Crippen LogP contribution in [0.15, 0.2) is 60.2 Å². The molecular weight excluding hydrogens is 346 g/mol. The number of pyridine rings is 1. The quantitative estimate of drug-likeness (QED) is 0.605. The standard InChI is InChI=1S/C20H21N3O2S/c1-20(2,3)18-11-15(13-26-18)23-19(24)22-14-6-8-16(9-7-14)25-17-5-4-10-21-12-17/h4-13H,1-3H3,(H2,22,23,24). The Hall–Kier alpha value is -2.86. The van der Waals surface area contributed by atoms with Gasteiger partial charge in [0.1, 0.15) is 11.5 Å². The van der Waals surface area contributed by atoms with Crippen molar-refractivity contribution >= 4 is 28.7 Å². The molecule has 0 aliphatic heterocycles. The SMILES string of the molecule is CC(C)(C)c1cc(NC(=O)Nc2ccc(Oc3cccnc3)cc2)cs1. The Morgan fingerprint density at radius 2 is 1.77 bits per heavy atom. The summed E-state index contributed by atoms with van der Waals surface area (Å²) in [6.45, 7) is 6.45. The van der Waals surface area contributed by atoms with E-state index < -0.39 is 0 Å². The van der Waals surface area contributed by atoms with E-state index in [4.69, 9.17) is 4.74 Å². The van der Waals surface area contributed by atoms with Crippen LogP contribution in [0.5, 0.6) is 11.5 Å². The van der Waals surface area contributed by atoms with E-state index in [1.807, 2.05) is 23.6 Å². The molecule has 0 aliphatic rings. The molecule has 0 saturated carbocycles. The number of carbonyl (C=O) groups is 1. The lowest BCUT2D eigenvalue weighted by Crippen LogP contribution is -2.19. The number of urea groups is 1. The van der Waals surface area contributed by atoms with Crippen molar-refractivity contribution in [1.82, 2.24) is 4.98 Å². The highest BCUT2D eigenvalue weighted by Gasteiger charge is 2.16. The summed E-state index contributed by atoms with van der Waals surface area (Å²) in [6.07, 6.45) is 3.34. The number of nitrogens with zero attached hydrogens (tertiary/aromatic N) is 1. The molecule has 2 N–H and O–H groups in total. The largest absolute Gasteiger partial charge is 0.456 e. The van der Waals surface area contributed by atoms with Crippen LogP contribution in [-0.4, -0.2) is 11.0 Å². The Balaban J connectivity index is 1.57. The maximum atomic E-state index is 12.2. The fraction of sp³-hybridized carbons (Fsp3) is 0.200. The smallest absolute Gasteiger partial charge is 0.323 e. The number of amides is 2. The summed E-state index contributed by atoms with van der Waals surface area (Å²) in [5.41, 5.74) is 1.56. The second-order valence-electron chi connectivity index (χ2n) is 6.84. The van der Waals surface area contributed by atoms with Crippen molar-refractivity contribution in [3.05, 3.63) is 65.1 Å². The molecule has 2 aromatic heterocycles. The van der Waals surface area contributed by atoms with Crippen LogP contribution in [-0.2, 0) is 5.41 Å². The minimum Gasteiger partial charge on any atom is -0.456 e. The van der Waals surface area contributed by atoms with E-state index in [2.05, 4.69) is 36.4 Å². The van der Waals surface area contributed by atoms with E-state index in [1.54, 1.807) is 48.0 Å². The Bertz CT molecular complexity index is 868. The fourth-order valence-electron chi connectivity index (χ4n) is 2.24. The van der Waals surface area contributed by atoms with Gasteiger partial charge in [-0.1, -0.05) is 20.8 Å². The number of benzene rings is 1.